The first-order chi connectivity index (χ1) is 4.93. The largest absolute Gasteiger partial charge is 0.374 e. The van der Waals surface area contributed by atoms with E-state index in [1.54, 1.807) is 7.11 Å². The fourth-order valence-corrected chi connectivity index (χ4v) is 1.28. The first kappa shape index (κ1) is 7.73. The van der Waals surface area contributed by atoms with E-state index in [0.29, 0.717) is 0 Å². The number of hydrogen-bond donors (Lipinski definition) is 0. The van der Waals surface area contributed by atoms with Crippen molar-refractivity contribution in [3.63, 3.8) is 0 Å². The zero-order valence-electron chi connectivity index (χ0n) is 6.68. The minimum Gasteiger partial charge on any atom is -0.374 e. The molecule has 1 aliphatic rings. The first-order valence-electron chi connectivity index (χ1n) is 4.00. The molecule has 0 unspecified atom stereocenters. The Hall–Kier alpha value is -0.370. The van der Waals surface area contributed by atoms with Crippen molar-refractivity contribution < 1.29 is 9.31 Å². The summed E-state index contributed by atoms with van der Waals surface area (Å²) in [5, 5.41) is 0. The Balaban J connectivity index is 2.23. The van der Waals surface area contributed by atoms with Crippen LogP contribution in [0.25, 0.3) is 0 Å². The highest BCUT2D eigenvalue weighted by atomic mass is 16.5. The quantitative estimate of drug-likeness (QED) is 0.522. The maximum Gasteiger partial charge on any atom is 0.165 e. The summed E-state index contributed by atoms with van der Waals surface area (Å²) in [6, 6.07) is 0. The molecule has 1 rings (SSSR count). The maximum atomic E-state index is 4.95. The molecule has 0 aromatic rings. The normalized spacial score (nSPS) is 19.1. The minimum atomic E-state index is 0.764. The predicted octanol–water partition coefficient (Wildman–Crippen LogP) is 0.900. The molecule has 0 N–H and O–H groups in total. The van der Waals surface area contributed by atoms with Crippen molar-refractivity contribution in [1.29, 1.82) is 0 Å². The molecule has 1 fully saturated rings. The van der Waals surface area contributed by atoms with Gasteiger partial charge in [0.05, 0.1) is 0 Å². The van der Waals surface area contributed by atoms with E-state index in [4.69, 9.17) is 4.74 Å². The van der Waals surface area contributed by atoms with Crippen molar-refractivity contribution in [3.8, 4) is 0 Å². The Morgan fingerprint density at radius 2 is 2.00 bits per heavy atom. The molecule has 0 amide bonds. The molecule has 0 aromatic carbocycles. The van der Waals surface area contributed by atoms with Crippen molar-refractivity contribution in [1.82, 2.24) is 0 Å². The molecular formula is C8H16NO+. The van der Waals surface area contributed by atoms with Crippen LogP contribution >= 0.6 is 0 Å². The van der Waals surface area contributed by atoms with Crippen LogP contribution in [-0.4, -0.2) is 37.6 Å². The number of nitrogens with zero attached hydrogens (tertiary/aromatic N) is 1. The lowest BCUT2D eigenvalue weighted by atomic mass is 10.2. The van der Waals surface area contributed by atoms with Gasteiger partial charge in [-0.1, -0.05) is 0 Å². The van der Waals surface area contributed by atoms with E-state index in [9.17, 15) is 0 Å². The van der Waals surface area contributed by atoms with Crippen LogP contribution in [0.1, 0.15) is 19.3 Å². The molecule has 0 spiro atoms. The van der Waals surface area contributed by atoms with Crippen LogP contribution in [-0.2, 0) is 4.74 Å². The lowest BCUT2D eigenvalue weighted by molar-refractivity contribution is -0.534. The average Bonchev–Trinajstić information content (AvgIpc) is 2.03. The van der Waals surface area contributed by atoms with Crippen LogP contribution in [0.2, 0.25) is 0 Å². The third kappa shape index (κ3) is 2.48. The van der Waals surface area contributed by atoms with Crippen molar-refractivity contribution in [2.24, 2.45) is 0 Å². The van der Waals surface area contributed by atoms with Gasteiger partial charge in [-0.3, -0.25) is 0 Å². The van der Waals surface area contributed by atoms with Gasteiger partial charge in [0.15, 0.2) is 6.21 Å². The molecule has 0 bridgehead atoms. The van der Waals surface area contributed by atoms with Crippen LogP contribution in [0.4, 0.5) is 0 Å². The highest BCUT2D eigenvalue weighted by Crippen LogP contribution is 2.02. The van der Waals surface area contributed by atoms with Crippen LogP contribution in [0.5, 0.6) is 0 Å². The van der Waals surface area contributed by atoms with Crippen molar-refractivity contribution >= 4 is 6.21 Å². The van der Waals surface area contributed by atoms with E-state index in [1.807, 2.05) is 0 Å². The maximum absolute atomic E-state index is 4.95. The Bertz CT molecular complexity index is 112. The lowest BCUT2D eigenvalue weighted by Crippen LogP contribution is -2.22. The standard InChI is InChI=1S/C8H16NO/c1-10-8-7-9-5-3-2-4-6-9/h7H,2-6,8H2,1H3/q+1. The second-order valence-corrected chi connectivity index (χ2v) is 2.73. The van der Waals surface area contributed by atoms with Gasteiger partial charge in [0.2, 0.25) is 0 Å². The predicted molar refractivity (Wildman–Crippen MR) is 41.8 cm³/mol. The molecule has 0 saturated carbocycles. The fourth-order valence-electron chi connectivity index (χ4n) is 1.28. The summed E-state index contributed by atoms with van der Waals surface area (Å²) in [5.41, 5.74) is 0. The van der Waals surface area contributed by atoms with E-state index < -0.39 is 0 Å². The Morgan fingerprint density at radius 1 is 1.30 bits per heavy atom. The van der Waals surface area contributed by atoms with Gasteiger partial charge < -0.3 is 4.74 Å². The smallest absolute Gasteiger partial charge is 0.165 e. The molecule has 0 atom stereocenters. The van der Waals surface area contributed by atoms with Gasteiger partial charge in [0.1, 0.15) is 19.7 Å². The third-order valence-electron chi connectivity index (χ3n) is 1.89. The minimum absolute atomic E-state index is 0.764. The number of piperidine rings is 1. The molecular weight excluding hydrogens is 126 g/mol. The van der Waals surface area contributed by atoms with Crippen molar-refractivity contribution in [3.05, 3.63) is 0 Å². The van der Waals surface area contributed by atoms with Crippen LogP contribution in [0, 0.1) is 0 Å². The molecule has 1 saturated heterocycles. The summed E-state index contributed by atoms with van der Waals surface area (Å²) in [6.45, 7) is 3.22. The van der Waals surface area contributed by atoms with E-state index >= 15 is 0 Å². The van der Waals surface area contributed by atoms with E-state index in [1.165, 1.54) is 32.4 Å². The number of ether oxygens (including phenoxy) is 1. The molecule has 1 heterocycles. The van der Waals surface area contributed by atoms with Gasteiger partial charge in [-0.2, -0.15) is 0 Å². The molecule has 0 radical (unpaired) electrons. The third-order valence-corrected chi connectivity index (χ3v) is 1.89. The van der Waals surface area contributed by atoms with Crippen LogP contribution in [0.15, 0.2) is 0 Å². The second-order valence-electron chi connectivity index (χ2n) is 2.73. The monoisotopic (exact) mass is 142 g/mol. The molecule has 0 aliphatic carbocycles. The molecule has 10 heavy (non-hydrogen) atoms. The molecule has 0 aromatic heterocycles. The van der Waals surface area contributed by atoms with Crippen molar-refractivity contribution in [2.45, 2.75) is 19.3 Å². The van der Waals surface area contributed by atoms with Crippen LogP contribution < -0.4 is 0 Å². The zero-order valence-corrected chi connectivity index (χ0v) is 6.68. The molecule has 58 valence electrons. The van der Waals surface area contributed by atoms with Gasteiger partial charge in [-0.15, -0.1) is 0 Å². The summed E-state index contributed by atoms with van der Waals surface area (Å²) in [6.07, 6.45) is 6.25. The lowest BCUT2D eigenvalue weighted by Gasteiger charge is -2.08. The summed E-state index contributed by atoms with van der Waals surface area (Å²) in [7, 11) is 1.74. The fraction of sp³-hybridized carbons (Fsp3) is 0.875. The zero-order chi connectivity index (χ0) is 7.23. The summed E-state index contributed by atoms with van der Waals surface area (Å²) < 4.78 is 7.30. The van der Waals surface area contributed by atoms with Gasteiger partial charge in [-0.05, 0) is 6.42 Å². The van der Waals surface area contributed by atoms with E-state index in [-0.39, 0.29) is 0 Å². The molecule has 1 aliphatic heterocycles. The topological polar surface area (TPSA) is 12.2 Å². The highest BCUT2D eigenvalue weighted by molar-refractivity contribution is 5.52. The Kier molecular flexibility index (Phi) is 3.44. The number of rotatable bonds is 2. The summed E-state index contributed by atoms with van der Waals surface area (Å²) in [5.74, 6) is 0. The molecule has 2 heteroatoms. The Labute approximate surface area is 62.5 Å². The second kappa shape index (κ2) is 4.45. The van der Waals surface area contributed by atoms with Gasteiger partial charge in [0, 0.05) is 20.0 Å². The summed E-state index contributed by atoms with van der Waals surface area (Å²) in [4.78, 5) is 0. The highest BCUT2D eigenvalue weighted by Gasteiger charge is 2.08. The van der Waals surface area contributed by atoms with Gasteiger partial charge >= 0.3 is 0 Å². The summed E-state index contributed by atoms with van der Waals surface area (Å²) >= 11 is 0. The first-order valence-corrected chi connectivity index (χ1v) is 4.00. The van der Waals surface area contributed by atoms with E-state index in [0.717, 1.165) is 6.61 Å². The SMILES string of the molecule is COCC=[N+]1CCCCC1. The van der Waals surface area contributed by atoms with Crippen LogP contribution in [0.3, 0.4) is 0 Å². The van der Waals surface area contributed by atoms with Gasteiger partial charge in [-0.25, -0.2) is 4.58 Å². The number of methoxy groups -OCH3 is 1. The molecule has 2 nitrogen and oxygen atoms in total. The average molecular weight is 142 g/mol. The van der Waals surface area contributed by atoms with E-state index in [2.05, 4.69) is 10.8 Å². The Morgan fingerprint density at radius 3 is 2.60 bits per heavy atom. The van der Waals surface area contributed by atoms with Gasteiger partial charge in [0.25, 0.3) is 0 Å². The van der Waals surface area contributed by atoms with Crippen molar-refractivity contribution in [2.75, 3.05) is 26.8 Å². The number of hydrogen-bond acceptors (Lipinski definition) is 1.